The van der Waals surface area contributed by atoms with E-state index in [1.54, 1.807) is 24.0 Å². The van der Waals surface area contributed by atoms with Crippen molar-refractivity contribution in [2.24, 2.45) is 0 Å². The van der Waals surface area contributed by atoms with Crippen molar-refractivity contribution in [3.63, 3.8) is 0 Å². The van der Waals surface area contributed by atoms with Crippen LogP contribution in [0.3, 0.4) is 0 Å². The maximum absolute atomic E-state index is 12.0. The van der Waals surface area contributed by atoms with Gasteiger partial charge in [0, 0.05) is 29.1 Å². The minimum Gasteiger partial charge on any atom is -0.351 e. The van der Waals surface area contributed by atoms with Crippen molar-refractivity contribution in [2.75, 3.05) is 18.0 Å². The van der Waals surface area contributed by atoms with Crippen molar-refractivity contribution in [2.45, 2.75) is 16.2 Å². The van der Waals surface area contributed by atoms with E-state index >= 15 is 0 Å². The third kappa shape index (κ3) is 3.25. The van der Waals surface area contributed by atoms with Crippen LogP contribution in [0.5, 0.6) is 0 Å². The number of benzene rings is 2. The molecule has 3 aromatic rings. The van der Waals surface area contributed by atoms with E-state index < -0.39 is 0 Å². The summed E-state index contributed by atoms with van der Waals surface area (Å²) in [5.74, 6) is -0.118. The van der Waals surface area contributed by atoms with Gasteiger partial charge in [-0.2, -0.15) is 5.10 Å². The molecular weight excluding hydrogens is 332 g/mol. The Hall–Kier alpha value is -2.73. The summed E-state index contributed by atoms with van der Waals surface area (Å²) in [6.45, 7) is 1.46. The van der Waals surface area contributed by atoms with Crippen LogP contribution in [0.2, 0.25) is 0 Å². The molecule has 0 spiro atoms. The van der Waals surface area contributed by atoms with Crippen LogP contribution in [-0.2, 0) is 0 Å². The van der Waals surface area contributed by atoms with Crippen molar-refractivity contribution >= 4 is 29.0 Å². The number of hydrogen-bond donors (Lipinski definition) is 2. The third-order valence-corrected chi connectivity index (χ3v) is 5.25. The smallest absolute Gasteiger partial charge is 0.269 e. The van der Waals surface area contributed by atoms with Crippen LogP contribution in [-0.4, -0.2) is 29.2 Å². The van der Waals surface area contributed by atoms with Crippen molar-refractivity contribution in [1.29, 1.82) is 0 Å². The van der Waals surface area contributed by atoms with E-state index in [-0.39, 0.29) is 5.91 Å². The van der Waals surface area contributed by atoms with E-state index in [4.69, 9.17) is 0 Å². The molecule has 2 aromatic carbocycles. The second-order valence-electron chi connectivity index (χ2n) is 5.77. The topological polar surface area (TPSA) is 61.0 Å². The predicted molar refractivity (Wildman–Crippen MR) is 99.6 cm³/mol. The van der Waals surface area contributed by atoms with E-state index in [0.717, 1.165) is 13.0 Å². The molecule has 1 aliphatic rings. The van der Waals surface area contributed by atoms with Gasteiger partial charge in [-0.15, -0.1) is 0 Å². The Bertz CT molecular complexity index is 833. The van der Waals surface area contributed by atoms with E-state index in [2.05, 4.69) is 68.9 Å². The first-order valence-electron chi connectivity index (χ1n) is 8.24. The number of anilines is 2. The summed E-state index contributed by atoms with van der Waals surface area (Å²) >= 11 is 1.81. The number of fused-ring (bicyclic) bond motifs is 2. The lowest BCUT2D eigenvalue weighted by Crippen LogP contribution is -2.29. The molecule has 0 radical (unpaired) electrons. The van der Waals surface area contributed by atoms with Crippen LogP contribution < -0.4 is 10.2 Å². The number of aromatic nitrogens is 2. The first kappa shape index (κ1) is 15.8. The summed E-state index contributed by atoms with van der Waals surface area (Å²) < 4.78 is 0. The molecule has 126 valence electrons. The van der Waals surface area contributed by atoms with Crippen molar-refractivity contribution in [3.05, 3.63) is 66.5 Å². The molecule has 0 saturated carbocycles. The predicted octanol–water partition coefficient (Wildman–Crippen LogP) is 3.83. The van der Waals surface area contributed by atoms with Crippen LogP contribution >= 0.6 is 11.8 Å². The van der Waals surface area contributed by atoms with Gasteiger partial charge in [0.15, 0.2) is 0 Å². The molecule has 5 nitrogen and oxygen atoms in total. The number of amides is 1. The Balaban J connectivity index is 1.44. The number of hydrogen-bond acceptors (Lipinski definition) is 4. The number of carbonyl (C=O) groups is 1. The highest BCUT2D eigenvalue weighted by Crippen LogP contribution is 2.47. The van der Waals surface area contributed by atoms with Gasteiger partial charge in [-0.3, -0.25) is 9.89 Å². The minimum absolute atomic E-state index is 0.118. The lowest BCUT2D eigenvalue weighted by Gasteiger charge is -2.32. The Labute approximate surface area is 150 Å². The molecule has 0 saturated heterocycles. The van der Waals surface area contributed by atoms with Gasteiger partial charge in [0.2, 0.25) is 0 Å². The summed E-state index contributed by atoms with van der Waals surface area (Å²) in [5.41, 5.74) is 2.95. The van der Waals surface area contributed by atoms with Crippen LogP contribution in [0.25, 0.3) is 0 Å². The molecule has 0 bridgehead atoms. The number of rotatable bonds is 5. The van der Waals surface area contributed by atoms with Gasteiger partial charge in [0.25, 0.3) is 5.91 Å². The van der Waals surface area contributed by atoms with E-state index in [1.165, 1.54) is 21.2 Å². The molecule has 0 aliphatic carbocycles. The average Bonchev–Trinajstić information content (AvgIpc) is 3.19. The summed E-state index contributed by atoms with van der Waals surface area (Å²) in [6.07, 6.45) is 2.43. The molecule has 1 amide bonds. The van der Waals surface area contributed by atoms with Crippen LogP contribution in [0.4, 0.5) is 11.4 Å². The molecular formula is C19H18N4OS. The molecule has 25 heavy (non-hydrogen) atoms. The monoisotopic (exact) mass is 350 g/mol. The fraction of sp³-hybridized carbons (Fsp3) is 0.158. The second-order valence-corrected chi connectivity index (χ2v) is 6.85. The van der Waals surface area contributed by atoms with Crippen LogP contribution in [0, 0.1) is 0 Å². The normalized spacial score (nSPS) is 12.4. The lowest BCUT2D eigenvalue weighted by molar-refractivity contribution is 0.0948. The fourth-order valence-corrected chi connectivity index (χ4v) is 4.03. The largest absolute Gasteiger partial charge is 0.351 e. The number of aromatic amines is 1. The Morgan fingerprint density at radius 3 is 2.36 bits per heavy atom. The highest BCUT2D eigenvalue weighted by molar-refractivity contribution is 7.99. The first-order chi connectivity index (χ1) is 12.3. The fourth-order valence-electron chi connectivity index (χ4n) is 2.94. The van der Waals surface area contributed by atoms with Gasteiger partial charge >= 0.3 is 0 Å². The second kappa shape index (κ2) is 7.03. The number of para-hydroxylation sites is 2. The van der Waals surface area contributed by atoms with E-state index in [1.807, 2.05) is 0 Å². The maximum atomic E-state index is 12.0. The van der Waals surface area contributed by atoms with Gasteiger partial charge in [0.05, 0.1) is 11.4 Å². The molecule has 2 N–H and O–H groups in total. The van der Waals surface area contributed by atoms with Gasteiger partial charge in [-0.05, 0) is 36.8 Å². The molecule has 0 fully saturated rings. The minimum atomic E-state index is -0.118. The summed E-state index contributed by atoms with van der Waals surface area (Å²) in [7, 11) is 0. The summed E-state index contributed by atoms with van der Waals surface area (Å²) in [6, 6.07) is 18.6. The van der Waals surface area contributed by atoms with Crippen molar-refractivity contribution in [3.8, 4) is 0 Å². The maximum Gasteiger partial charge on any atom is 0.269 e. The SMILES string of the molecule is O=C(NCCCN1c2ccccc2Sc2ccccc21)c1ccn[nH]1. The molecule has 2 heterocycles. The number of nitrogens with zero attached hydrogens (tertiary/aromatic N) is 2. The lowest BCUT2D eigenvalue weighted by atomic mass is 10.2. The quantitative estimate of drug-likeness (QED) is 0.687. The van der Waals surface area contributed by atoms with Gasteiger partial charge in [-0.1, -0.05) is 36.0 Å². The summed E-state index contributed by atoms with van der Waals surface area (Å²) in [4.78, 5) is 16.8. The number of nitrogens with one attached hydrogen (secondary N) is 2. The highest BCUT2D eigenvalue weighted by atomic mass is 32.2. The zero-order chi connectivity index (χ0) is 17.1. The number of carbonyl (C=O) groups excluding carboxylic acids is 1. The molecule has 0 atom stereocenters. The molecule has 1 aliphatic heterocycles. The summed E-state index contributed by atoms with van der Waals surface area (Å²) in [5, 5.41) is 9.41. The van der Waals surface area contributed by atoms with E-state index in [9.17, 15) is 4.79 Å². The third-order valence-electron chi connectivity index (χ3n) is 4.12. The highest BCUT2D eigenvalue weighted by Gasteiger charge is 2.22. The molecule has 4 rings (SSSR count). The zero-order valence-electron chi connectivity index (χ0n) is 13.6. The Morgan fingerprint density at radius 2 is 1.72 bits per heavy atom. The Morgan fingerprint density at radius 1 is 1.04 bits per heavy atom. The molecule has 6 heteroatoms. The van der Waals surface area contributed by atoms with Crippen LogP contribution in [0.15, 0.2) is 70.6 Å². The van der Waals surface area contributed by atoms with E-state index in [0.29, 0.717) is 12.2 Å². The van der Waals surface area contributed by atoms with Crippen molar-refractivity contribution < 1.29 is 4.79 Å². The first-order valence-corrected chi connectivity index (χ1v) is 9.05. The zero-order valence-corrected chi connectivity index (χ0v) is 14.4. The molecule has 1 aromatic heterocycles. The molecule has 0 unspecified atom stereocenters. The Kier molecular flexibility index (Phi) is 4.43. The van der Waals surface area contributed by atoms with Gasteiger partial charge in [0.1, 0.15) is 5.69 Å². The number of H-pyrrole nitrogens is 1. The standard InChI is InChI=1S/C19H18N4OS/c24-19(14-10-12-21-22-14)20-11-5-13-23-15-6-1-3-8-17(15)25-18-9-4-2-7-16(18)23/h1-4,6-10,12H,5,11,13H2,(H,20,24)(H,21,22). The van der Waals surface area contributed by atoms with Gasteiger partial charge in [-0.25, -0.2) is 0 Å². The average molecular weight is 350 g/mol. The van der Waals surface area contributed by atoms with Gasteiger partial charge < -0.3 is 10.2 Å². The van der Waals surface area contributed by atoms with Crippen LogP contribution in [0.1, 0.15) is 16.9 Å². The van der Waals surface area contributed by atoms with Crippen molar-refractivity contribution in [1.82, 2.24) is 15.5 Å².